The molecule has 0 aromatic heterocycles. The number of hydrogen-bond donors (Lipinski definition) is 0. The van der Waals surface area contributed by atoms with Crippen molar-refractivity contribution < 1.29 is 9.53 Å². The Morgan fingerprint density at radius 3 is 2.90 bits per heavy atom. The maximum Gasteiger partial charge on any atom is 0.266 e. The van der Waals surface area contributed by atoms with E-state index in [-0.39, 0.29) is 12.5 Å². The van der Waals surface area contributed by atoms with E-state index < -0.39 is 0 Å². The Labute approximate surface area is 121 Å². The molecule has 0 atom stereocenters. The molecular weight excluding hydrogens is 274 g/mol. The summed E-state index contributed by atoms with van der Waals surface area (Å²) in [4.78, 5) is 18.2. The van der Waals surface area contributed by atoms with E-state index in [1.165, 1.54) is 16.7 Å². The predicted octanol–water partition coefficient (Wildman–Crippen LogP) is 2.12. The normalized spacial score (nSPS) is 18.6. The van der Waals surface area contributed by atoms with Crippen LogP contribution in [0.15, 0.2) is 34.2 Å². The Morgan fingerprint density at radius 2 is 2.25 bits per heavy atom. The molecule has 20 heavy (non-hydrogen) atoms. The Kier molecular flexibility index (Phi) is 4.43. The number of carbonyl (C=O) groups excluding carboxylic acids is 1. The van der Waals surface area contributed by atoms with E-state index in [1.807, 2.05) is 24.3 Å². The minimum atomic E-state index is -0.0920. The maximum atomic E-state index is 12.1. The van der Waals surface area contributed by atoms with Crippen molar-refractivity contribution in [1.29, 1.82) is 5.26 Å². The predicted molar refractivity (Wildman–Crippen MR) is 79.2 cm³/mol. The highest BCUT2D eigenvalue weighted by molar-refractivity contribution is 8.18. The molecule has 1 aromatic carbocycles. The highest BCUT2D eigenvalue weighted by Crippen LogP contribution is 2.33. The first kappa shape index (κ1) is 14.2. The number of amides is 1. The van der Waals surface area contributed by atoms with Gasteiger partial charge in [-0.25, -0.2) is 0 Å². The van der Waals surface area contributed by atoms with Gasteiger partial charge in [0.15, 0.2) is 11.8 Å². The van der Waals surface area contributed by atoms with Crippen molar-refractivity contribution in [3.05, 3.63) is 34.7 Å². The average molecular weight is 287 g/mol. The zero-order valence-corrected chi connectivity index (χ0v) is 12.0. The van der Waals surface area contributed by atoms with Crippen molar-refractivity contribution in [2.75, 3.05) is 20.7 Å². The van der Waals surface area contributed by atoms with E-state index in [4.69, 9.17) is 10.00 Å². The van der Waals surface area contributed by atoms with Gasteiger partial charge in [-0.2, -0.15) is 5.26 Å². The summed E-state index contributed by atoms with van der Waals surface area (Å²) in [5.41, 5.74) is 0.768. The van der Waals surface area contributed by atoms with Crippen molar-refractivity contribution in [3.63, 3.8) is 0 Å². The van der Waals surface area contributed by atoms with Gasteiger partial charge in [0.25, 0.3) is 5.91 Å². The fourth-order valence-corrected chi connectivity index (χ4v) is 2.65. The van der Waals surface area contributed by atoms with Gasteiger partial charge in [0.2, 0.25) is 0 Å². The summed E-state index contributed by atoms with van der Waals surface area (Å²) in [6.45, 7) is -0.0250. The van der Waals surface area contributed by atoms with Gasteiger partial charge in [0.05, 0.1) is 4.91 Å². The third-order valence-corrected chi connectivity index (χ3v) is 3.84. The molecule has 0 spiro atoms. The average Bonchev–Trinajstić information content (AvgIpc) is 2.74. The van der Waals surface area contributed by atoms with Crippen LogP contribution in [-0.4, -0.2) is 36.7 Å². The minimum Gasteiger partial charge on any atom is -0.478 e. The molecule has 0 saturated carbocycles. The van der Waals surface area contributed by atoms with E-state index in [2.05, 4.69) is 4.99 Å². The monoisotopic (exact) mass is 287 g/mol. The second kappa shape index (κ2) is 6.26. The number of likely N-dealkylation sites (N-methyl/N-ethyl adjacent to an activating group) is 1. The number of nitrogens with zero attached hydrogens (tertiary/aromatic N) is 3. The fourth-order valence-electron chi connectivity index (χ4n) is 1.73. The summed E-state index contributed by atoms with van der Waals surface area (Å²) < 4.78 is 5.34. The quantitative estimate of drug-likeness (QED) is 0.799. The van der Waals surface area contributed by atoms with Gasteiger partial charge in [0.1, 0.15) is 11.8 Å². The van der Waals surface area contributed by atoms with Crippen LogP contribution in [-0.2, 0) is 4.79 Å². The van der Waals surface area contributed by atoms with Crippen molar-refractivity contribution in [1.82, 2.24) is 4.90 Å². The smallest absolute Gasteiger partial charge is 0.266 e. The van der Waals surface area contributed by atoms with E-state index in [9.17, 15) is 4.79 Å². The zero-order chi connectivity index (χ0) is 14.5. The summed E-state index contributed by atoms with van der Waals surface area (Å²) in [6.07, 6.45) is 1.76. The number of aliphatic imine (C=N–C) groups is 1. The van der Waals surface area contributed by atoms with E-state index in [0.717, 1.165) is 5.56 Å². The van der Waals surface area contributed by atoms with Gasteiger partial charge >= 0.3 is 0 Å². The van der Waals surface area contributed by atoms with Crippen LogP contribution in [0.25, 0.3) is 6.08 Å². The van der Waals surface area contributed by atoms with Crippen LogP contribution < -0.4 is 4.74 Å². The van der Waals surface area contributed by atoms with Crippen LogP contribution in [0.1, 0.15) is 5.56 Å². The molecule has 1 fully saturated rings. The van der Waals surface area contributed by atoms with Crippen LogP contribution in [0.5, 0.6) is 5.75 Å². The summed E-state index contributed by atoms with van der Waals surface area (Å²) in [5, 5.41) is 9.24. The van der Waals surface area contributed by atoms with Crippen LogP contribution in [0.4, 0.5) is 0 Å². The highest BCUT2D eigenvalue weighted by atomic mass is 32.2. The number of para-hydroxylation sites is 1. The number of benzene rings is 1. The summed E-state index contributed by atoms with van der Waals surface area (Å²) in [7, 11) is 3.34. The van der Waals surface area contributed by atoms with Crippen LogP contribution in [0, 0.1) is 11.3 Å². The summed E-state index contributed by atoms with van der Waals surface area (Å²) >= 11 is 1.32. The Morgan fingerprint density at radius 1 is 1.50 bits per heavy atom. The van der Waals surface area contributed by atoms with Crippen LogP contribution in [0.2, 0.25) is 0 Å². The number of ether oxygens (including phenoxy) is 1. The minimum absolute atomic E-state index is 0.0250. The molecule has 1 aromatic rings. The number of nitriles is 1. The molecule has 5 nitrogen and oxygen atoms in total. The van der Waals surface area contributed by atoms with E-state index >= 15 is 0 Å². The molecule has 102 valence electrons. The van der Waals surface area contributed by atoms with Crippen molar-refractivity contribution in [3.8, 4) is 11.8 Å². The van der Waals surface area contributed by atoms with Gasteiger partial charge in [-0.05, 0) is 23.9 Å². The molecule has 2 rings (SSSR count). The number of amidine groups is 1. The molecule has 0 radical (unpaired) electrons. The molecule has 1 saturated heterocycles. The SMILES string of the molecule is CN=C1S/C(=C\c2ccccc2OCC#N)C(=O)N1C. The Bertz CT molecular complexity index is 632. The lowest BCUT2D eigenvalue weighted by Gasteiger charge is -2.06. The van der Waals surface area contributed by atoms with Crippen LogP contribution >= 0.6 is 11.8 Å². The number of hydrogen-bond acceptors (Lipinski definition) is 5. The van der Waals surface area contributed by atoms with Gasteiger partial charge in [-0.15, -0.1) is 0 Å². The molecule has 6 heteroatoms. The second-order valence-corrected chi connectivity index (χ2v) is 4.97. The van der Waals surface area contributed by atoms with Gasteiger partial charge in [-0.3, -0.25) is 14.7 Å². The molecule has 1 aliphatic heterocycles. The third kappa shape index (κ3) is 2.83. The van der Waals surface area contributed by atoms with Gasteiger partial charge in [0, 0.05) is 19.7 Å². The first-order chi connectivity index (χ1) is 9.67. The lowest BCUT2D eigenvalue weighted by molar-refractivity contribution is -0.121. The molecule has 1 amide bonds. The molecule has 1 heterocycles. The standard InChI is InChI=1S/C14H13N3O2S/c1-16-14-17(2)13(18)12(20-14)9-10-5-3-4-6-11(10)19-8-7-15/h3-6,9H,8H2,1-2H3/b12-9-,16-14?. The van der Waals surface area contributed by atoms with Gasteiger partial charge in [-0.1, -0.05) is 18.2 Å². The highest BCUT2D eigenvalue weighted by Gasteiger charge is 2.29. The topological polar surface area (TPSA) is 65.7 Å². The summed E-state index contributed by atoms with van der Waals surface area (Å²) in [5.74, 6) is 0.491. The lowest BCUT2D eigenvalue weighted by Crippen LogP contribution is -2.23. The van der Waals surface area contributed by atoms with Crippen LogP contribution in [0.3, 0.4) is 0 Å². The Hall–Kier alpha value is -2.26. The van der Waals surface area contributed by atoms with Crippen molar-refractivity contribution in [2.24, 2.45) is 4.99 Å². The largest absolute Gasteiger partial charge is 0.478 e. The molecular formula is C14H13N3O2S. The first-order valence-corrected chi connectivity index (χ1v) is 6.72. The first-order valence-electron chi connectivity index (χ1n) is 5.90. The number of thioether (sulfide) groups is 1. The number of carbonyl (C=O) groups is 1. The molecule has 0 aliphatic carbocycles. The molecule has 0 bridgehead atoms. The molecule has 0 unspecified atom stereocenters. The second-order valence-electron chi connectivity index (χ2n) is 3.97. The number of rotatable bonds is 3. The van der Waals surface area contributed by atoms with Crippen molar-refractivity contribution >= 4 is 28.9 Å². The maximum absolute atomic E-state index is 12.1. The lowest BCUT2D eigenvalue weighted by atomic mass is 10.2. The fraction of sp³-hybridized carbons (Fsp3) is 0.214. The third-order valence-electron chi connectivity index (χ3n) is 2.69. The van der Waals surface area contributed by atoms with Gasteiger partial charge < -0.3 is 4.74 Å². The van der Waals surface area contributed by atoms with E-state index in [0.29, 0.717) is 15.8 Å². The van der Waals surface area contributed by atoms with E-state index in [1.54, 1.807) is 26.2 Å². The zero-order valence-electron chi connectivity index (χ0n) is 11.2. The Balaban J connectivity index is 2.32. The summed E-state index contributed by atoms with van der Waals surface area (Å²) in [6, 6.07) is 9.22. The molecule has 1 aliphatic rings. The van der Waals surface area contributed by atoms with Crippen molar-refractivity contribution in [2.45, 2.75) is 0 Å². The molecule has 0 N–H and O–H groups in total.